The van der Waals surface area contributed by atoms with Crippen molar-refractivity contribution in [1.29, 1.82) is 0 Å². The molecule has 1 aliphatic rings. The number of nitrogens with zero attached hydrogens (tertiary/aromatic N) is 1. The number of nitrogens with one attached hydrogen (secondary N) is 1. The molecule has 0 amide bonds. The van der Waals surface area contributed by atoms with Gasteiger partial charge in [0.1, 0.15) is 0 Å². The molecular weight excluding hydrogens is 266 g/mol. The van der Waals surface area contributed by atoms with Crippen molar-refractivity contribution in [1.82, 2.24) is 5.32 Å². The maximum absolute atomic E-state index is 5.89. The molecule has 3 rings (SSSR count). The average Bonchev–Trinajstić information content (AvgIpc) is 2.81. The number of hydrogen-bond donors (Lipinski definition) is 2. The highest BCUT2D eigenvalue weighted by atomic mass is 32.1. The Bertz CT molecular complexity index is 599. The highest BCUT2D eigenvalue weighted by Gasteiger charge is 2.16. The van der Waals surface area contributed by atoms with Crippen LogP contribution >= 0.6 is 11.3 Å². The Morgan fingerprint density at radius 3 is 3.00 bits per heavy atom. The minimum Gasteiger partial charge on any atom is -0.370 e. The van der Waals surface area contributed by atoms with Gasteiger partial charge in [0.05, 0.1) is 0 Å². The molecule has 1 aromatic carbocycles. The molecule has 0 saturated heterocycles. The van der Waals surface area contributed by atoms with Gasteiger partial charge in [-0.1, -0.05) is 24.6 Å². The zero-order valence-electron chi connectivity index (χ0n) is 11.6. The van der Waals surface area contributed by atoms with Crippen LogP contribution in [0.2, 0.25) is 0 Å². The first-order valence-electron chi connectivity index (χ1n) is 7.32. The number of benzene rings is 1. The van der Waals surface area contributed by atoms with Crippen LogP contribution in [0.5, 0.6) is 0 Å². The number of aliphatic imine (C=N–C) groups is 1. The van der Waals surface area contributed by atoms with E-state index in [1.54, 1.807) is 0 Å². The lowest BCUT2D eigenvalue weighted by molar-refractivity contribution is 0.326. The summed E-state index contributed by atoms with van der Waals surface area (Å²) in [6.45, 7) is 1.74. The van der Waals surface area contributed by atoms with Gasteiger partial charge in [-0.3, -0.25) is 4.99 Å². The van der Waals surface area contributed by atoms with E-state index in [-0.39, 0.29) is 0 Å². The Kier molecular flexibility index (Phi) is 4.21. The second kappa shape index (κ2) is 6.27. The molecule has 1 heterocycles. The molecule has 1 fully saturated rings. The van der Waals surface area contributed by atoms with Crippen LogP contribution in [0.4, 0.5) is 0 Å². The third-order valence-electron chi connectivity index (χ3n) is 4.01. The summed E-state index contributed by atoms with van der Waals surface area (Å²) < 4.78 is 1.36. The summed E-state index contributed by atoms with van der Waals surface area (Å²) in [6.07, 6.45) is 4.98. The summed E-state index contributed by atoms with van der Waals surface area (Å²) in [5.41, 5.74) is 7.29. The first-order chi connectivity index (χ1) is 9.83. The van der Waals surface area contributed by atoms with Gasteiger partial charge in [0.15, 0.2) is 5.96 Å². The van der Waals surface area contributed by atoms with Crippen molar-refractivity contribution in [2.45, 2.75) is 25.7 Å². The summed E-state index contributed by atoms with van der Waals surface area (Å²) in [5.74, 6) is 1.37. The second-order valence-electron chi connectivity index (χ2n) is 5.46. The summed E-state index contributed by atoms with van der Waals surface area (Å²) >= 11 is 1.81. The molecule has 3 nitrogen and oxygen atoms in total. The van der Waals surface area contributed by atoms with E-state index in [1.807, 2.05) is 11.3 Å². The van der Waals surface area contributed by atoms with Crippen molar-refractivity contribution in [3.63, 3.8) is 0 Å². The molecule has 2 aromatic rings. The molecule has 0 spiro atoms. The molecule has 0 radical (unpaired) electrons. The van der Waals surface area contributed by atoms with Crippen LogP contribution < -0.4 is 11.1 Å². The lowest BCUT2D eigenvalue weighted by atomic mass is 9.86. The van der Waals surface area contributed by atoms with E-state index in [4.69, 9.17) is 5.73 Å². The van der Waals surface area contributed by atoms with Crippen LogP contribution in [0.15, 0.2) is 34.6 Å². The first-order valence-corrected chi connectivity index (χ1v) is 8.20. The zero-order valence-corrected chi connectivity index (χ0v) is 12.5. The van der Waals surface area contributed by atoms with Gasteiger partial charge >= 0.3 is 0 Å². The lowest BCUT2D eigenvalue weighted by Crippen LogP contribution is -2.34. The Hall–Kier alpha value is -1.55. The molecule has 106 valence electrons. The number of hydrogen-bond acceptors (Lipinski definition) is 2. The fourth-order valence-corrected chi connectivity index (χ4v) is 3.51. The van der Waals surface area contributed by atoms with Crippen molar-refractivity contribution in [3.05, 3.63) is 35.2 Å². The highest BCUT2D eigenvalue weighted by molar-refractivity contribution is 7.17. The normalized spacial score (nSPS) is 16.3. The van der Waals surface area contributed by atoms with E-state index in [9.17, 15) is 0 Å². The predicted octanol–water partition coefficient (Wildman–Crippen LogP) is 3.15. The third-order valence-corrected chi connectivity index (χ3v) is 5.02. The number of thiophene rings is 1. The van der Waals surface area contributed by atoms with E-state index in [0.29, 0.717) is 5.96 Å². The SMILES string of the molecule is NC(=NCC1CCC1)NCCc1csc2ccccc12. The van der Waals surface area contributed by atoms with Crippen molar-refractivity contribution >= 4 is 27.4 Å². The number of rotatable bonds is 5. The fourth-order valence-electron chi connectivity index (χ4n) is 2.51. The van der Waals surface area contributed by atoms with Crippen LogP contribution in [0.1, 0.15) is 24.8 Å². The maximum atomic E-state index is 5.89. The van der Waals surface area contributed by atoms with Gasteiger partial charge in [0.25, 0.3) is 0 Å². The van der Waals surface area contributed by atoms with Crippen LogP contribution in [-0.4, -0.2) is 19.0 Å². The molecule has 20 heavy (non-hydrogen) atoms. The van der Waals surface area contributed by atoms with Crippen LogP contribution in [0.25, 0.3) is 10.1 Å². The van der Waals surface area contributed by atoms with Crippen molar-refractivity contribution in [2.24, 2.45) is 16.6 Å². The molecule has 0 atom stereocenters. The molecule has 4 heteroatoms. The Morgan fingerprint density at radius 2 is 2.20 bits per heavy atom. The van der Waals surface area contributed by atoms with E-state index in [2.05, 4.69) is 40.0 Å². The average molecular weight is 287 g/mol. The molecule has 1 aromatic heterocycles. The topological polar surface area (TPSA) is 50.4 Å². The van der Waals surface area contributed by atoms with Crippen LogP contribution in [-0.2, 0) is 6.42 Å². The van der Waals surface area contributed by atoms with E-state index in [0.717, 1.165) is 25.4 Å². The van der Waals surface area contributed by atoms with Crippen molar-refractivity contribution in [3.8, 4) is 0 Å². The zero-order chi connectivity index (χ0) is 13.8. The summed E-state index contributed by atoms with van der Waals surface area (Å²) in [6, 6.07) is 8.55. The van der Waals surface area contributed by atoms with Gasteiger partial charge < -0.3 is 11.1 Å². The smallest absolute Gasteiger partial charge is 0.188 e. The third kappa shape index (κ3) is 3.12. The minimum absolute atomic E-state index is 0.594. The molecule has 0 aliphatic heterocycles. The number of nitrogens with two attached hydrogens (primary N) is 1. The van der Waals surface area contributed by atoms with Crippen molar-refractivity contribution in [2.75, 3.05) is 13.1 Å². The lowest BCUT2D eigenvalue weighted by Gasteiger charge is -2.23. The van der Waals surface area contributed by atoms with Gasteiger partial charge in [-0.05, 0) is 47.6 Å². The van der Waals surface area contributed by atoms with Gasteiger partial charge in [0.2, 0.25) is 0 Å². The molecular formula is C16H21N3S. The highest BCUT2D eigenvalue weighted by Crippen LogP contribution is 2.26. The number of fused-ring (bicyclic) bond motifs is 1. The van der Waals surface area contributed by atoms with E-state index in [1.165, 1.54) is 34.9 Å². The molecule has 3 N–H and O–H groups in total. The number of guanidine groups is 1. The van der Waals surface area contributed by atoms with E-state index < -0.39 is 0 Å². The van der Waals surface area contributed by atoms with Gasteiger partial charge in [0, 0.05) is 17.8 Å². The van der Waals surface area contributed by atoms with Crippen LogP contribution in [0.3, 0.4) is 0 Å². The van der Waals surface area contributed by atoms with Crippen molar-refractivity contribution < 1.29 is 0 Å². The summed E-state index contributed by atoms with van der Waals surface area (Å²) in [5, 5.41) is 6.83. The molecule has 1 aliphatic carbocycles. The van der Waals surface area contributed by atoms with E-state index >= 15 is 0 Å². The molecule has 0 unspecified atom stereocenters. The molecule has 0 bridgehead atoms. The predicted molar refractivity (Wildman–Crippen MR) is 87.4 cm³/mol. The Morgan fingerprint density at radius 1 is 1.35 bits per heavy atom. The second-order valence-corrected chi connectivity index (χ2v) is 6.37. The maximum Gasteiger partial charge on any atom is 0.188 e. The Labute approximate surface area is 123 Å². The summed E-state index contributed by atoms with van der Waals surface area (Å²) in [7, 11) is 0. The summed E-state index contributed by atoms with van der Waals surface area (Å²) in [4.78, 5) is 4.41. The van der Waals surface area contributed by atoms with Gasteiger partial charge in [-0.2, -0.15) is 0 Å². The standard InChI is InChI=1S/C16H21N3S/c17-16(19-10-12-4-3-5-12)18-9-8-13-11-20-15-7-2-1-6-14(13)15/h1-2,6-7,11-12H,3-5,8-10H2,(H3,17,18,19). The first kappa shape index (κ1) is 13.4. The Balaban J connectivity index is 1.49. The fraction of sp³-hybridized carbons (Fsp3) is 0.438. The van der Waals surface area contributed by atoms with Gasteiger partial charge in [-0.25, -0.2) is 0 Å². The minimum atomic E-state index is 0.594. The monoisotopic (exact) mass is 287 g/mol. The largest absolute Gasteiger partial charge is 0.370 e. The molecule has 1 saturated carbocycles. The van der Waals surface area contributed by atoms with Gasteiger partial charge in [-0.15, -0.1) is 11.3 Å². The quantitative estimate of drug-likeness (QED) is 0.655. The van der Waals surface area contributed by atoms with Crippen LogP contribution in [0, 0.1) is 5.92 Å².